The minimum atomic E-state index is 0.510. The van der Waals surface area contributed by atoms with Crippen molar-refractivity contribution in [2.75, 3.05) is 6.26 Å². The Hall–Kier alpha value is -1.99. The minimum Gasteiger partial charge on any atom is -0.457 e. The van der Waals surface area contributed by atoms with Crippen LogP contribution in [-0.2, 0) is 0 Å². The van der Waals surface area contributed by atoms with Gasteiger partial charge in [-0.15, -0.1) is 11.8 Å². The van der Waals surface area contributed by atoms with Crippen LogP contribution in [0.25, 0.3) is 4.98 Å². The molecule has 0 aliphatic carbocycles. The first-order chi connectivity index (χ1) is 8.72. The fourth-order valence-corrected chi connectivity index (χ4v) is 2.22. The highest BCUT2D eigenvalue weighted by molar-refractivity contribution is 7.98. The summed E-state index contributed by atoms with van der Waals surface area (Å²) in [6.45, 7) is 2.06. The fourth-order valence-electron chi connectivity index (χ4n) is 1.63. The van der Waals surface area contributed by atoms with Crippen molar-refractivity contribution in [3.8, 4) is 11.5 Å². The third kappa shape index (κ3) is 2.82. The average molecular weight is 257 g/mol. The lowest BCUT2D eigenvalue weighted by molar-refractivity contribution is 0.482. The van der Waals surface area contributed by atoms with Gasteiger partial charge < -0.3 is 4.74 Å². The monoisotopic (exact) mass is 257 g/mol. The highest BCUT2D eigenvalue weighted by Gasteiger charge is 2.05. The van der Waals surface area contributed by atoms with Crippen LogP contribution in [-0.4, -0.2) is 6.26 Å². The van der Waals surface area contributed by atoms with Gasteiger partial charge in [0.2, 0.25) is 5.39 Å². The molecule has 0 atom stereocenters. The number of nitrogens with zero attached hydrogens (tertiary/aromatic N) is 2. The molecule has 0 amide bonds. The van der Waals surface area contributed by atoms with E-state index in [4.69, 9.17) is 10.1 Å². The Morgan fingerprint density at radius 3 is 2.28 bits per heavy atom. The molecule has 0 aliphatic rings. The summed E-state index contributed by atoms with van der Waals surface area (Å²) in [6.07, 6.45) is 2.06. The normalized spacial score (nSPS) is 9.83. The number of diazo groups is 1. The van der Waals surface area contributed by atoms with Gasteiger partial charge in [0, 0.05) is 17.0 Å². The summed E-state index contributed by atoms with van der Waals surface area (Å²) < 4.78 is 5.73. The van der Waals surface area contributed by atoms with E-state index >= 15 is 0 Å². The maximum Gasteiger partial charge on any atom is 0.385 e. The summed E-state index contributed by atoms with van der Waals surface area (Å²) >= 11 is 1.72. The standard InChI is InChI=1S/C14H13N2OS/c1-10-9-13(7-8-14(10)18-2)17-12-5-3-11(16-15)4-6-12/h3-9H,1-2H3/q+1. The molecule has 0 saturated carbocycles. The molecule has 0 spiro atoms. The van der Waals surface area contributed by atoms with Crippen molar-refractivity contribution >= 4 is 17.4 Å². The molecule has 2 aromatic rings. The zero-order valence-electron chi connectivity index (χ0n) is 10.3. The third-order valence-corrected chi connectivity index (χ3v) is 3.45. The van der Waals surface area contributed by atoms with Crippen molar-refractivity contribution in [1.82, 2.24) is 0 Å². The Labute approximate surface area is 110 Å². The van der Waals surface area contributed by atoms with Crippen molar-refractivity contribution in [3.63, 3.8) is 0 Å². The topological polar surface area (TPSA) is 37.4 Å². The third-order valence-electron chi connectivity index (χ3n) is 2.55. The molecular weight excluding hydrogens is 244 g/mol. The van der Waals surface area contributed by atoms with E-state index in [1.54, 1.807) is 36.0 Å². The minimum absolute atomic E-state index is 0.510. The predicted molar refractivity (Wildman–Crippen MR) is 74.2 cm³/mol. The van der Waals surface area contributed by atoms with Gasteiger partial charge in [-0.3, -0.25) is 0 Å². The summed E-state index contributed by atoms with van der Waals surface area (Å²) in [5.74, 6) is 1.53. The number of rotatable bonds is 3. The van der Waals surface area contributed by atoms with Crippen molar-refractivity contribution < 1.29 is 4.74 Å². The van der Waals surface area contributed by atoms with Gasteiger partial charge in [-0.25, -0.2) is 0 Å². The van der Waals surface area contributed by atoms with E-state index in [2.05, 4.69) is 18.2 Å². The second kappa shape index (κ2) is 5.56. The lowest BCUT2D eigenvalue weighted by Crippen LogP contribution is -1.86. The van der Waals surface area contributed by atoms with Gasteiger partial charge in [-0.1, -0.05) is 0 Å². The number of ether oxygens (including phenoxy) is 1. The number of hydrogen-bond donors (Lipinski definition) is 0. The summed E-state index contributed by atoms with van der Waals surface area (Å²) in [5, 5.41) is 8.59. The molecule has 2 aromatic carbocycles. The molecule has 90 valence electrons. The molecule has 0 radical (unpaired) electrons. The Morgan fingerprint density at radius 2 is 1.72 bits per heavy atom. The van der Waals surface area contributed by atoms with Crippen LogP contribution >= 0.6 is 11.8 Å². The summed E-state index contributed by atoms with van der Waals surface area (Å²) in [5.41, 5.74) is 1.71. The van der Waals surface area contributed by atoms with Gasteiger partial charge in [-0.2, -0.15) is 0 Å². The van der Waals surface area contributed by atoms with Crippen LogP contribution in [0.1, 0.15) is 5.56 Å². The van der Waals surface area contributed by atoms with Gasteiger partial charge in [0.05, 0.1) is 0 Å². The second-order valence-corrected chi connectivity index (χ2v) is 4.68. The van der Waals surface area contributed by atoms with Crippen molar-refractivity contribution in [2.45, 2.75) is 11.8 Å². The van der Waals surface area contributed by atoms with Gasteiger partial charge in [0.15, 0.2) is 4.98 Å². The molecule has 0 fully saturated rings. The van der Waals surface area contributed by atoms with Crippen LogP contribution in [0.4, 0.5) is 5.69 Å². The maximum atomic E-state index is 8.59. The zero-order chi connectivity index (χ0) is 13.0. The molecule has 3 nitrogen and oxygen atoms in total. The average Bonchev–Trinajstić information content (AvgIpc) is 2.40. The number of aryl methyl sites for hydroxylation is 1. The van der Waals surface area contributed by atoms with Crippen LogP contribution < -0.4 is 4.74 Å². The fraction of sp³-hybridized carbons (Fsp3) is 0.143. The molecule has 4 heteroatoms. The highest BCUT2D eigenvalue weighted by atomic mass is 32.2. The Morgan fingerprint density at radius 1 is 1.06 bits per heavy atom. The van der Waals surface area contributed by atoms with Gasteiger partial charge in [0.1, 0.15) is 11.5 Å². The smallest absolute Gasteiger partial charge is 0.385 e. The van der Waals surface area contributed by atoms with E-state index in [1.807, 2.05) is 18.2 Å². The van der Waals surface area contributed by atoms with Crippen LogP contribution in [0, 0.1) is 12.3 Å². The van der Waals surface area contributed by atoms with E-state index in [0.29, 0.717) is 5.69 Å². The Kier molecular flexibility index (Phi) is 3.85. The van der Waals surface area contributed by atoms with Gasteiger partial charge in [-0.05, 0) is 49.1 Å². The molecule has 0 bridgehead atoms. The quantitative estimate of drug-likeness (QED) is 0.574. The van der Waals surface area contributed by atoms with E-state index < -0.39 is 0 Å². The van der Waals surface area contributed by atoms with Crippen LogP contribution in [0.2, 0.25) is 0 Å². The molecule has 0 heterocycles. The van der Waals surface area contributed by atoms with E-state index in [-0.39, 0.29) is 0 Å². The molecular formula is C14H13N2OS+. The van der Waals surface area contributed by atoms with Crippen LogP contribution in [0.5, 0.6) is 11.5 Å². The number of hydrogen-bond acceptors (Lipinski definition) is 3. The molecule has 0 aromatic heterocycles. The molecule has 0 unspecified atom stereocenters. The molecule has 18 heavy (non-hydrogen) atoms. The SMILES string of the molecule is CSc1ccc(Oc2ccc([N+]#N)cc2)cc1C. The Balaban J connectivity index is 2.18. The number of thioether (sulfide) groups is 1. The summed E-state index contributed by atoms with van der Waals surface area (Å²) in [7, 11) is 0. The van der Waals surface area contributed by atoms with Gasteiger partial charge >= 0.3 is 5.69 Å². The first kappa shape index (κ1) is 12.5. The van der Waals surface area contributed by atoms with Crippen molar-refractivity contribution in [2.24, 2.45) is 0 Å². The van der Waals surface area contributed by atoms with E-state index in [1.165, 1.54) is 10.5 Å². The van der Waals surface area contributed by atoms with E-state index in [9.17, 15) is 0 Å². The summed E-state index contributed by atoms with van der Waals surface area (Å²) in [4.78, 5) is 4.34. The predicted octanol–water partition coefficient (Wildman–Crippen LogP) is 4.99. The molecule has 0 aliphatic heterocycles. The number of benzene rings is 2. The molecule has 0 saturated heterocycles. The summed E-state index contributed by atoms with van der Waals surface area (Å²) in [6, 6.07) is 12.9. The van der Waals surface area contributed by atoms with Crippen molar-refractivity contribution in [3.05, 3.63) is 53.0 Å². The molecule has 2 rings (SSSR count). The lowest BCUT2D eigenvalue weighted by atomic mass is 10.2. The molecule has 0 N–H and O–H groups in total. The second-order valence-electron chi connectivity index (χ2n) is 3.83. The Bertz CT molecular complexity index is 588. The zero-order valence-corrected chi connectivity index (χ0v) is 11.1. The van der Waals surface area contributed by atoms with E-state index in [0.717, 1.165) is 11.5 Å². The first-order valence-corrected chi connectivity index (χ1v) is 6.73. The highest BCUT2D eigenvalue weighted by Crippen LogP contribution is 2.28. The van der Waals surface area contributed by atoms with Crippen LogP contribution in [0.3, 0.4) is 0 Å². The largest absolute Gasteiger partial charge is 0.457 e. The van der Waals surface area contributed by atoms with Crippen molar-refractivity contribution in [1.29, 1.82) is 5.39 Å². The lowest BCUT2D eigenvalue weighted by Gasteiger charge is -2.08. The van der Waals surface area contributed by atoms with Gasteiger partial charge in [0.25, 0.3) is 0 Å². The van der Waals surface area contributed by atoms with Crippen LogP contribution in [0.15, 0.2) is 47.4 Å². The maximum absolute atomic E-state index is 8.59. The first-order valence-electron chi connectivity index (χ1n) is 5.50.